The molecule has 1 fully saturated rings. The van der Waals surface area contributed by atoms with E-state index >= 15 is 0 Å². The molecule has 0 aromatic rings. The van der Waals surface area contributed by atoms with E-state index in [1.165, 1.54) is 6.42 Å². The number of hydrogen-bond donors (Lipinski definition) is 2. The van der Waals surface area contributed by atoms with Crippen LogP contribution < -0.4 is 5.32 Å². The predicted octanol–water partition coefficient (Wildman–Crippen LogP) is 1.63. The summed E-state index contributed by atoms with van der Waals surface area (Å²) in [5.74, 6) is 0.268. The van der Waals surface area contributed by atoms with Crippen LogP contribution in [0.1, 0.15) is 33.1 Å². The second kappa shape index (κ2) is 5.21. The van der Waals surface area contributed by atoms with Crippen LogP contribution in [0.5, 0.6) is 0 Å². The number of thiol groups is 1. The molecule has 15 heavy (non-hydrogen) atoms. The molecule has 0 aromatic heterocycles. The Morgan fingerprint density at radius 2 is 2.13 bits per heavy atom. The van der Waals surface area contributed by atoms with Crippen LogP contribution in [-0.2, 0) is 9.53 Å². The third-order valence-corrected chi connectivity index (χ3v) is 4.01. The number of methoxy groups -OCH3 is 1. The van der Waals surface area contributed by atoms with E-state index in [-0.39, 0.29) is 22.7 Å². The molecular weight excluding hydrogens is 210 g/mol. The van der Waals surface area contributed by atoms with Crippen molar-refractivity contribution >= 4 is 18.5 Å². The summed E-state index contributed by atoms with van der Waals surface area (Å²) in [4.78, 5) is 11.6. The van der Waals surface area contributed by atoms with Crippen LogP contribution in [0.25, 0.3) is 0 Å². The summed E-state index contributed by atoms with van der Waals surface area (Å²) >= 11 is 4.27. The van der Waals surface area contributed by atoms with Crippen molar-refractivity contribution < 1.29 is 9.53 Å². The van der Waals surface area contributed by atoms with Gasteiger partial charge in [0.05, 0.1) is 10.9 Å². The molecule has 0 spiro atoms. The Labute approximate surface area is 97.4 Å². The Morgan fingerprint density at radius 3 is 2.47 bits per heavy atom. The molecule has 0 saturated heterocycles. The Morgan fingerprint density at radius 1 is 1.53 bits per heavy atom. The third-order valence-electron chi connectivity index (χ3n) is 3.18. The Kier molecular flexibility index (Phi) is 4.46. The van der Waals surface area contributed by atoms with Gasteiger partial charge in [-0.15, -0.1) is 0 Å². The van der Waals surface area contributed by atoms with E-state index in [4.69, 9.17) is 4.74 Å². The van der Waals surface area contributed by atoms with Gasteiger partial charge in [-0.25, -0.2) is 0 Å². The van der Waals surface area contributed by atoms with Crippen molar-refractivity contribution in [3.8, 4) is 0 Å². The van der Waals surface area contributed by atoms with Gasteiger partial charge in [-0.3, -0.25) is 4.79 Å². The second-order valence-corrected chi connectivity index (χ2v) is 5.20. The van der Waals surface area contributed by atoms with E-state index in [1.807, 2.05) is 13.8 Å². The van der Waals surface area contributed by atoms with E-state index in [2.05, 4.69) is 17.9 Å². The Bertz CT molecular complexity index is 221. The summed E-state index contributed by atoms with van der Waals surface area (Å²) in [7, 11) is 1.71. The summed E-state index contributed by atoms with van der Waals surface area (Å²) in [5.41, 5.74) is -0.0971. The molecule has 3 nitrogen and oxygen atoms in total. The van der Waals surface area contributed by atoms with E-state index in [0.717, 1.165) is 12.8 Å². The van der Waals surface area contributed by atoms with Crippen molar-refractivity contribution in [2.24, 2.45) is 5.92 Å². The maximum Gasteiger partial charge on any atom is 0.233 e. The summed E-state index contributed by atoms with van der Waals surface area (Å²) in [5, 5.41) is 2.69. The molecule has 0 heterocycles. The maximum absolute atomic E-state index is 11.6. The lowest BCUT2D eigenvalue weighted by atomic mass is 9.80. The highest BCUT2D eigenvalue weighted by molar-refractivity contribution is 7.81. The molecule has 1 atom stereocenters. The monoisotopic (exact) mass is 231 g/mol. The van der Waals surface area contributed by atoms with Gasteiger partial charge >= 0.3 is 0 Å². The number of nitrogens with one attached hydrogen (secondary N) is 1. The van der Waals surface area contributed by atoms with Crippen molar-refractivity contribution in [2.45, 2.75) is 44.0 Å². The molecule has 0 radical (unpaired) electrons. The molecule has 1 amide bonds. The van der Waals surface area contributed by atoms with Gasteiger partial charge in [0.25, 0.3) is 0 Å². The van der Waals surface area contributed by atoms with E-state index in [9.17, 15) is 4.79 Å². The molecule has 0 bridgehead atoms. The van der Waals surface area contributed by atoms with Crippen molar-refractivity contribution in [1.29, 1.82) is 0 Å². The largest absolute Gasteiger partial charge is 0.376 e. The number of amides is 1. The zero-order valence-corrected chi connectivity index (χ0v) is 10.6. The molecule has 1 N–H and O–H groups in total. The number of carbonyl (C=O) groups excluding carboxylic acids is 1. The second-order valence-electron chi connectivity index (χ2n) is 4.65. The van der Waals surface area contributed by atoms with Gasteiger partial charge in [-0.05, 0) is 25.2 Å². The lowest BCUT2D eigenvalue weighted by Gasteiger charge is -2.40. The minimum atomic E-state index is -0.223. The Hall–Kier alpha value is -0.220. The standard InChI is InChI=1S/C11H21NO2S/c1-8(2)9(15)10(13)12-7-11(14-3)5-4-6-11/h8-9,15H,4-7H2,1-3H3,(H,12,13). The fourth-order valence-electron chi connectivity index (χ4n) is 1.68. The van der Waals surface area contributed by atoms with Crippen molar-refractivity contribution in [3.63, 3.8) is 0 Å². The van der Waals surface area contributed by atoms with Gasteiger partial charge < -0.3 is 10.1 Å². The molecule has 1 saturated carbocycles. The first kappa shape index (κ1) is 12.8. The highest BCUT2D eigenvalue weighted by Crippen LogP contribution is 2.34. The number of carbonyl (C=O) groups is 1. The number of hydrogen-bond acceptors (Lipinski definition) is 3. The highest BCUT2D eigenvalue weighted by atomic mass is 32.1. The van der Waals surface area contributed by atoms with Crippen LogP contribution in [0.4, 0.5) is 0 Å². The molecule has 0 aromatic carbocycles. The van der Waals surface area contributed by atoms with Crippen LogP contribution in [0, 0.1) is 5.92 Å². The van der Waals surface area contributed by atoms with Gasteiger partial charge in [0.15, 0.2) is 0 Å². The van der Waals surface area contributed by atoms with E-state index in [0.29, 0.717) is 6.54 Å². The SMILES string of the molecule is COC1(CNC(=O)C(S)C(C)C)CCC1. The topological polar surface area (TPSA) is 38.3 Å². The summed E-state index contributed by atoms with van der Waals surface area (Å²) in [6.45, 7) is 4.60. The molecule has 4 heteroatoms. The molecule has 88 valence electrons. The summed E-state index contributed by atoms with van der Waals surface area (Å²) in [6.07, 6.45) is 3.28. The van der Waals surface area contributed by atoms with Crippen LogP contribution in [-0.4, -0.2) is 30.4 Å². The van der Waals surface area contributed by atoms with Crippen LogP contribution in [0.2, 0.25) is 0 Å². The number of rotatable bonds is 5. The van der Waals surface area contributed by atoms with Gasteiger partial charge in [0, 0.05) is 13.7 Å². The first-order chi connectivity index (χ1) is 7.01. The molecule has 1 aliphatic rings. The van der Waals surface area contributed by atoms with Crippen molar-refractivity contribution in [3.05, 3.63) is 0 Å². The first-order valence-electron chi connectivity index (χ1n) is 5.52. The van der Waals surface area contributed by atoms with Crippen LogP contribution in [0.3, 0.4) is 0 Å². The van der Waals surface area contributed by atoms with Crippen molar-refractivity contribution in [1.82, 2.24) is 5.32 Å². The average Bonchev–Trinajstić information content (AvgIpc) is 2.15. The lowest BCUT2D eigenvalue weighted by molar-refractivity contribution is -0.125. The summed E-state index contributed by atoms with van der Waals surface area (Å²) < 4.78 is 5.42. The Balaban J connectivity index is 2.33. The zero-order valence-electron chi connectivity index (χ0n) is 9.75. The minimum Gasteiger partial charge on any atom is -0.376 e. The normalized spacial score (nSPS) is 20.9. The molecule has 0 aliphatic heterocycles. The van der Waals surface area contributed by atoms with E-state index in [1.54, 1.807) is 7.11 Å². The molecule has 1 unspecified atom stereocenters. The molecule has 1 aliphatic carbocycles. The third kappa shape index (κ3) is 3.11. The maximum atomic E-state index is 11.6. The van der Waals surface area contributed by atoms with Crippen LogP contribution >= 0.6 is 12.6 Å². The fourth-order valence-corrected chi connectivity index (χ4v) is 1.77. The van der Waals surface area contributed by atoms with Crippen molar-refractivity contribution in [2.75, 3.05) is 13.7 Å². The number of ether oxygens (including phenoxy) is 1. The quantitative estimate of drug-likeness (QED) is 0.706. The first-order valence-corrected chi connectivity index (χ1v) is 6.03. The van der Waals surface area contributed by atoms with Crippen LogP contribution in [0.15, 0.2) is 0 Å². The smallest absolute Gasteiger partial charge is 0.233 e. The molecular formula is C11H21NO2S. The highest BCUT2D eigenvalue weighted by Gasteiger charge is 2.37. The van der Waals surface area contributed by atoms with Gasteiger partial charge in [-0.2, -0.15) is 12.6 Å². The lowest BCUT2D eigenvalue weighted by Crippen LogP contribution is -2.51. The predicted molar refractivity (Wildman–Crippen MR) is 64.2 cm³/mol. The van der Waals surface area contributed by atoms with Gasteiger partial charge in [0.1, 0.15) is 0 Å². The minimum absolute atomic E-state index is 0.0108. The van der Waals surface area contributed by atoms with Gasteiger partial charge in [-0.1, -0.05) is 13.8 Å². The summed E-state index contributed by atoms with van der Waals surface area (Å²) in [6, 6.07) is 0. The molecule has 1 rings (SSSR count). The van der Waals surface area contributed by atoms with Gasteiger partial charge in [0.2, 0.25) is 5.91 Å². The zero-order chi connectivity index (χ0) is 11.5. The average molecular weight is 231 g/mol. The fraction of sp³-hybridized carbons (Fsp3) is 0.909. The van der Waals surface area contributed by atoms with E-state index < -0.39 is 0 Å².